The lowest BCUT2D eigenvalue weighted by Gasteiger charge is -2.25. The van der Waals surface area contributed by atoms with E-state index in [9.17, 15) is 18.0 Å². The van der Waals surface area contributed by atoms with E-state index in [0.29, 0.717) is 17.9 Å². The zero-order valence-corrected chi connectivity index (χ0v) is 22.8. The van der Waals surface area contributed by atoms with Crippen LogP contribution in [-0.2, 0) is 27.7 Å². The third kappa shape index (κ3) is 5.97. The fraction of sp³-hybridized carbons (Fsp3) is 0.172. The summed E-state index contributed by atoms with van der Waals surface area (Å²) in [6.45, 7) is 0.596. The highest BCUT2D eigenvalue weighted by Gasteiger charge is 2.29. The Balaban J connectivity index is 1.37. The van der Waals surface area contributed by atoms with Gasteiger partial charge in [-0.15, -0.1) is 0 Å². The number of likely N-dealkylation sites (N-methyl/N-ethyl adjacent to an activating group) is 1. The van der Waals surface area contributed by atoms with Gasteiger partial charge in [0.05, 0.1) is 11.5 Å². The fourth-order valence-electron chi connectivity index (χ4n) is 4.51. The number of thiophene rings is 1. The van der Waals surface area contributed by atoms with Crippen LogP contribution in [0.3, 0.4) is 0 Å². The minimum atomic E-state index is -4.24. The van der Waals surface area contributed by atoms with Gasteiger partial charge < -0.3 is 15.0 Å². The van der Waals surface area contributed by atoms with Crippen LogP contribution in [0.25, 0.3) is 11.1 Å². The van der Waals surface area contributed by atoms with Crippen molar-refractivity contribution in [3.05, 3.63) is 101 Å². The Kier molecular flexibility index (Phi) is 7.67. The molecule has 1 aliphatic rings. The number of hydrogen-bond acceptors (Lipinski definition) is 6. The number of carbonyl (C=O) groups is 2. The van der Waals surface area contributed by atoms with E-state index in [2.05, 4.69) is 10.0 Å². The fourth-order valence-corrected chi connectivity index (χ4v) is 6.32. The highest BCUT2D eigenvalue weighted by Crippen LogP contribution is 2.30. The van der Waals surface area contributed by atoms with Crippen LogP contribution >= 0.6 is 11.3 Å². The molecule has 0 bridgehead atoms. The quantitative estimate of drug-likeness (QED) is 0.327. The first-order valence-corrected chi connectivity index (χ1v) is 14.8. The monoisotopic (exact) mass is 561 g/mol. The molecule has 1 aromatic heterocycles. The van der Waals surface area contributed by atoms with Crippen molar-refractivity contribution in [2.24, 2.45) is 0 Å². The highest BCUT2D eigenvalue weighted by molar-refractivity contribution is 7.90. The van der Waals surface area contributed by atoms with E-state index in [1.54, 1.807) is 31.3 Å². The Labute approximate surface area is 231 Å². The summed E-state index contributed by atoms with van der Waals surface area (Å²) < 4.78 is 34.2. The predicted molar refractivity (Wildman–Crippen MR) is 152 cm³/mol. The van der Waals surface area contributed by atoms with E-state index in [1.165, 1.54) is 22.3 Å². The van der Waals surface area contributed by atoms with Gasteiger partial charge in [0.2, 0.25) is 5.91 Å². The van der Waals surface area contributed by atoms with Crippen LogP contribution in [0.1, 0.15) is 11.1 Å². The molecule has 8 nitrogen and oxygen atoms in total. The van der Waals surface area contributed by atoms with Crippen molar-refractivity contribution in [3.8, 4) is 16.9 Å². The second-order valence-electron chi connectivity index (χ2n) is 9.12. The standard InChI is InChI=1S/C29H27N3O5S2/c1-32(23-11-12-26-21(18-23)13-15-37-26)28(33)25(17-20-7-3-2-4-8-20)30-29(34)31-39(35,36)27-10-6-5-9-24(27)22-14-16-38-19-22/h2-12,14,16,18-19,25H,13,15,17H2,1H3,(H2,30,31,34)/t25-/m0/s1. The van der Waals surface area contributed by atoms with Gasteiger partial charge in [0.15, 0.2) is 0 Å². The van der Waals surface area contributed by atoms with E-state index >= 15 is 0 Å². The van der Waals surface area contributed by atoms with Crippen LogP contribution in [0.2, 0.25) is 0 Å². The summed E-state index contributed by atoms with van der Waals surface area (Å²) in [6, 6.07) is 21.0. The summed E-state index contributed by atoms with van der Waals surface area (Å²) >= 11 is 1.44. The molecule has 10 heteroatoms. The molecule has 0 saturated heterocycles. The van der Waals surface area contributed by atoms with Gasteiger partial charge in [0.25, 0.3) is 10.0 Å². The number of benzene rings is 3. The van der Waals surface area contributed by atoms with Crippen LogP contribution in [0.4, 0.5) is 10.5 Å². The Bertz CT molecular complexity index is 1590. The van der Waals surface area contributed by atoms with Crippen molar-refractivity contribution in [1.29, 1.82) is 0 Å². The molecule has 5 rings (SSSR count). The maximum atomic E-state index is 13.6. The number of sulfonamides is 1. The van der Waals surface area contributed by atoms with Gasteiger partial charge in [-0.3, -0.25) is 4.79 Å². The van der Waals surface area contributed by atoms with Gasteiger partial charge in [-0.25, -0.2) is 17.9 Å². The molecule has 0 unspecified atom stereocenters. The highest BCUT2D eigenvalue weighted by atomic mass is 32.2. The van der Waals surface area contributed by atoms with Crippen molar-refractivity contribution in [2.45, 2.75) is 23.8 Å². The van der Waals surface area contributed by atoms with Gasteiger partial charge >= 0.3 is 6.03 Å². The number of carbonyl (C=O) groups excluding carboxylic acids is 2. The number of ether oxygens (including phenoxy) is 1. The number of rotatable bonds is 8. The Morgan fingerprint density at radius 3 is 2.56 bits per heavy atom. The molecule has 3 amide bonds. The van der Waals surface area contributed by atoms with Crippen molar-refractivity contribution in [1.82, 2.24) is 10.0 Å². The van der Waals surface area contributed by atoms with Crippen molar-refractivity contribution < 1.29 is 22.7 Å². The van der Waals surface area contributed by atoms with Crippen molar-refractivity contribution in [2.75, 3.05) is 18.6 Å². The average Bonchev–Trinajstić information content (AvgIpc) is 3.64. The smallest absolute Gasteiger partial charge is 0.329 e. The first-order valence-electron chi connectivity index (χ1n) is 12.3. The molecule has 2 heterocycles. The molecule has 0 fully saturated rings. The van der Waals surface area contributed by atoms with E-state index in [-0.39, 0.29) is 17.2 Å². The number of fused-ring (bicyclic) bond motifs is 1. The van der Waals surface area contributed by atoms with Crippen LogP contribution < -0.4 is 19.7 Å². The number of nitrogens with zero attached hydrogens (tertiary/aromatic N) is 1. The minimum Gasteiger partial charge on any atom is -0.493 e. The summed E-state index contributed by atoms with van der Waals surface area (Å²) in [5, 5.41) is 6.29. The third-order valence-corrected chi connectivity index (χ3v) is 8.59. The van der Waals surface area contributed by atoms with Gasteiger partial charge in [0, 0.05) is 31.1 Å². The topological polar surface area (TPSA) is 105 Å². The molecular formula is C29H27N3O5S2. The Morgan fingerprint density at radius 2 is 1.79 bits per heavy atom. The van der Waals surface area contributed by atoms with Crippen LogP contribution in [0.5, 0.6) is 5.75 Å². The minimum absolute atomic E-state index is 0.0260. The molecule has 0 saturated carbocycles. The molecule has 1 atom stereocenters. The van der Waals surface area contributed by atoms with Crippen molar-refractivity contribution in [3.63, 3.8) is 0 Å². The van der Waals surface area contributed by atoms with Crippen LogP contribution in [0, 0.1) is 0 Å². The first-order chi connectivity index (χ1) is 18.8. The molecule has 200 valence electrons. The second-order valence-corrected chi connectivity index (χ2v) is 11.5. The van der Waals surface area contributed by atoms with Crippen LogP contribution in [0.15, 0.2) is 94.5 Å². The molecule has 1 aliphatic heterocycles. The SMILES string of the molecule is CN(C(=O)[C@H](Cc1ccccc1)NC(=O)NS(=O)(=O)c1ccccc1-c1ccsc1)c1ccc2c(c1)CCO2. The lowest BCUT2D eigenvalue weighted by atomic mass is 10.0. The molecular weight excluding hydrogens is 534 g/mol. The first kappa shape index (κ1) is 26.5. The molecule has 0 aliphatic carbocycles. The Morgan fingerprint density at radius 1 is 1.03 bits per heavy atom. The third-order valence-electron chi connectivity index (χ3n) is 6.51. The van der Waals surface area contributed by atoms with E-state index in [0.717, 1.165) is 28.9 Å². The van der Waals surface area contributed by atoms with Gasteiger partial charge in [-0.05, 0) is 57.8 Å². The number of hydrogen-bond donors (Lipinski definition) is 2. The zero-order valence-electron chi connectivity index (χ0n) is 21.2. The van der Waals surface area contributed by atoms with Crippen molar-refractivity contribution >= 4 is 39.0 Å². The molecule has 0 spiro atoms. The summed E-state index contributed by atoms with van der Waals surface area (Å²) in [5.74, 6) is 0.412. The number of anilines is 1. The molecule has 3 aromatic carbocycles. The number of nitrogens with one attached hydrogen (secondary N) is 2. The van der Waals surface area contributed by atoms with E-state index < -0.39 is 22.1 Å². The van der Waals surface area contributed by atoms with E-state index in [1.807, 2.05) is 59.3 Å². The largest absolute Gasteiger partial charge is 0.493 e. The summed E-state index contributed by atoms with van der Waals surface area (Å²) in [6.07, 6.45) is 0.932. The number of urea groups is 1. The van der Waals surface area contributed by atoms with Gasteiger partial charge in [0.1, 0.15) is 11.8 Å². The van der Waals surface area contributed by atoms with Gasteiger partial charge in [-0.2, -0.15) is 11.3 Å². The average molecular weight is 562 g/mol. The zero-order chi connectivity index (χ0) is 27.4. The maximum absolute atomic E-state index is 13.6. The lowest BCUT2D eigenvalue weighted by Crippen LogP contribution is -2.52. The second kappa shape index (κ2) is 11.3. The summed E-state index contributed by atoms with van der Waals surface area (Å²) in [7, 11) is -2.61. The Hall–Kier alpha value is -4.15. The molecule has 4 aromatic rings. The molecule has 2 N–H and O–H groups in total. The summed E-state index contributed by atoms with van der Waals surface area (Å²) in [4.78, 5) is 28.1. The number of amides is 3. The summed E-state index contributed by atoms with van der Waals surface area (Å²) in [5.41, 5.74) is 3.70. The normalized spacial score (nSPS) is 13.2. The van der Waals surface area contributed by atoms with Gasteiger partial charge in [-0.1, -0.05) is 48.5 Å². The molecule has 0 radical (unpaired) electrons. The van der Waals surface area contributed by atoms with E-state index in [4.69, 9.17) is 4.74 Å². The maximum Gasteiger partial charge on any atom is 0.329 e. The lowest BCUT2D eigenvalue weighted by molar-refractivity contribution is -0.120. The predicted octanol–water partition coefficient (Wildman–Crippen LogP) is 4.61. The van der Waals surface area contributed by atoms with Crippen LogP contribution in [-0.4, -0.2) is 40.1 Å². The molecule has 39 heavy (non-hydrogen) atoms.